The second-order valence-corrected chi connectivity index (χ2v) is 2.86. The van der Waals surface area contributed by atoms with Gasteiger partial charge in [-0.05, 0) is 17.7 Å². The fourth-order valence-corrected chi connectivity index (χ4v) is 1.15. The van der Waals surface area contributed by atoms with Gasteiger partial charge in [-0.25, -0.2) is 0 Å². The van der Waals surface area contributed by atoms with Gasteiger partial charge in [-0.3, -0.25) is 0 Å². The summed E-state index contributed by atoms with van der Waals surface area (Å²) in [6.45, 7) is 0. The molecular formula is C10H6F3NO. The zero-order valence-corrected chi connectivity index (χ0v) is 7.51. The van der Waals surface area contributed by atoms with Crippen LogP contribution in [0.2, 0.25) is 0 Å². The summed E-state index contributed by atoms with van der Waals surface area (Å²) in [5, 5.41) is 8.48. The van der Waals surface area contributed by atoms with Gasteiger partial charge in [0.05, 0.1) is 17.2 Å². The van der Waals surface area contributed by atoms with Gasteiger partial charge >= 0.3 is 6.18 Å². The topological polar surface area (TPSA) is 40.9 Å². The first-order valence-corrected chi connectivity index (χ1v) is 4.03. The van der Waals surface area contributed by atoms with Gasteiger partial charge in [-0.2, -0.15) is 18.4 Å². The van der Waals surface area contributed by atoms with Crippen molar-refractivity contribution in [2.75, 3.05) is 0 Å². The molecule has 15 heavy (non-hydrogen) atoms. The molecule has 0 aromatic heterocycles. The monoisotopic (exact) mass is 213 g/mol. The minimum absolute atomic E-state index is 0.0885. The number of rotatable bonds is 2. The molecule has 0 radical (unpaired) electrons. The normalized spacial score (nSPS) is 10.8. The van der Waals surface area contributed by atoms with Crippen molar-refractivity contribution in [3.05, 3.63) is 34.9 Å². The molecule has 0 amide bonds. The molecule has 1 rings (SSSR count). The van der Waals surface area contributed by atoms with E-state index in [0.717, 1.165) is 12.1 Å². The van der Waals surface area contributed by atoms with Gasteiger partial charge in [-0.1, -0.05) is 6.07 Å². The number of hydrogen-bond donors (Lipinski definition) is 0. The summed E-state index contributed by atoms with van der Waals surface area (Å²) < 4.78 is 37.2. The van der Waals surface area contributed by atoms with Crippen LogP contribution in [-0.4, -0.2) is 6.29 Å². The van der Waals surface area contributed by atoms with E-state index < -0.39 is 17.3 Å². The lowest BCUT2D eigenvalue weighted by Gasteiger charge is -2.09. The summed E-state index contributed by atoms with van der Waals surface area (Å²) in [6, 6.07) is 4.70. The standard InChI is InChI=1S/C10H6F3NO/c11-10(12,13)9-5-7(3-4-15)1-2-8(9)6-14/h1-2,4-5H,3H2. The predicted molar refractivity (Wildman–Crippen MR) is 45.9 cm³/mol. The fourth-order valence-electron chi connectivity index (χ4n) is 1.15. The lowest BCUT2D eigenvalue weighted by atomic mass is 10.0. The van der Waals surface area contributed by atoms with Crippen LogP contribution in [0.5, 0.6) is 0 Å². The Kier molecular flexibility index (Phi) is 3.10. The number of alkyl halides is 3. The minimum atomic E-state index is -4.57. The summed E-state index contributed by atoms with van der Waals surface area (Å²) in [4.78, 5) is 10.1. The molecule has 1 aromatic rings. The highest BCUT2D eigenvalue weighted by atomic mass is 19.4. The van der Waals surface area contributed by atoms with Crippen molar-refractivity contribution in [1.29, 1.82) is 5.26 Å². The quantitative estimate of drug-likeness (QED) is 0.707. The SMILES string of the molecule is N#Cc1ccc(CC=O)cc1C(F)(F)F. The summed E-state index contributed by atoms with van der Waals surface area (Å²) >= 11 is 0. The van der Waals surface area contributed by atoms with Crippen molar-refractivity contribution in [3.8, 4) is 6.07 Å². The Balaban J connectivity index is 3.27. The van der Waals surface area contributed by atoms with E-state index in [1.807, 2.05) is 0 Å². The zero-order valence-electron chi connectivity index (χ0n) is 7.51. The van der Waals surface area contributed by atoms with E-state index in [9.17, 15) is 18.0 Å². The van der Waals surface area contributed by atoms with Crippen LogP contribution in [0, 0.1) is 11.3 Å². The highest BCUT2D eigenvalue weighted by Gasteiger charge is 2.33. The zero-order chi connectivity index (χ0) is 11.5. The number of hydrogen-bond acceptors (Lipinski definition) is 2. The number of benzene rings is 1. The Bertz CT molecular complexity index is 418. The molecule has 0 aliphatic heterocycles. The maximum absolute atomic E-state index is 12.4. The van der Waals surface area contributed by atoms with Crippen molar-refractivity contribution < 1.29 is 18.0 Å². The molecular weight excluding hydrogens is 207 g/mol. The third-order valence-electron chi connectivity index (χ3n) is 1.83. The van der Waals surface area contributed by atoms with Gasteiger partial charge in [-0.15, -0.1) is 0 Å². The number of nitriles is 1. The van der Waals surface area contributed by atoms with Crippen molar-refractivity contribution in [2.24, 2.45) is 0 Å². The van der Waals surface area contributed by atoms with Crippen LogP contribution in [-0.2, 0) is 17.4 Å². The van der Waals surface area contributed by atoms with Crippen molar-refractivity contribution in [2.45, 2.75) is 12.6 Å². The van der Waals surface area contributed by atoms with Crippen LogP contribution < -0.4 is 0 Å². The molecule has 0 saturated carbocycles. The van der Waals surface area contributed by atoms with Crippen LogP contribution in [0.1, 0.15) is 16.7 Å². The Hall–Kier alpha value is -1.83. The molecule has 0 saturated heterocycles. The van der Waals surface area contributed by atoms with Crippen LogP contribution in [0.4, 0.5) is 13.2 Å². The first-order chi connectivity index (χ1) is 6.99. The van der Waals surface area contributed by atoms with E-state index in [-0.39, 0.29) is 12.0 Å². The summed E-state index contributed by atoms with van der Waals surface area (Å²) in [5.41, 5.74) is -1.18. The number of aldehydes is 1. The van der Waals surface area contributed by atoms with Crippen LogP contribution in [0.15, 0.2) is 18.2 Å². The maximum atomic E-state index is 12.4. The summed E-state index contributed by atoms with van der Waals surface area (Å²) in [6.07, 6.45) is -4.14. The van der Waals surface area contributed by atoms with E-state index in [1.54, 1.807) is 0 Å². The summed E-state index contributed by atoms with van der Waals surface area (Å²) in [5.74, 6) is 0. The van der Waals surface area contributed by atoms with E-state index >= 15 is 0 Å². The average Bonchev–Trinajstić information content (AvgIpc) is 2.17. The van der Waals surface area contributed by atoms with Crippen molar-refractivity contribution in [1.82, 2.24) is 0 Å². The molecule has 0 N–H and O–H groups in total. The molecule has 0 spiro atoms. The Morgan fingerprint density at radius 3 is 2.53 bits per heavy atom. The van der Waals surface area contributed by atoms with Gasteiger partial charge in [0.15, 0.2) is 0 Å². The molecule has 0 aliphatic carbocycles. The molecule has 0 unspecified atom stereocenters. The predicted octanol–water partition coefficient (Wildman–Crippen LogP) is 2.32. The molecule has 0 heterocycles. The van der Waals surface area contributed by atoms with Crippen LogP contribution in [0.3, 0.4) is 0 Å². The highest BCUT2D eigenvalue weighted by molar-refractivity contribution is 5.56. The van der Waals surface area contributed by atoms with E-state index in [2.05, 4.69) is 0 Å². The second kappa shape index (κ2) is 4.13. The molecule has 1 aromatic carbocycles. The van der Waals surface area contributed by atoms with Gasteiger partial charge in [0.25, 0.3) is 0 Å². The molecule has 0 fully saturated rings. The molecule has 0 bridgehead atoms. The van der Waals surface area contributed by atoms with Crippen molar-refractivity contribution >= 4 is 6.29 Å². The average molecular weight is 213 g/mol. The number of carbonyl (C=O) groups excluding carboxylic acids is 1. The smallest absolute Gasteiger partial charge is 0.303 e. The van der Waals surface area contributed by atoms with Gasteiger partial charge in [0.1, 0.15) is 6.29 Å². The third kappa shape index (κ3) is 2.56. The molecule has 5 heteroatoms. The summed E-state index contributed by atoms with van der Waals surface area (Å²) in [7, 11) is 0. The van der Waals surface area contributed by atoms with Crippen molar-refractivity contribution in [3.63, 3.8) is 0 Å². The molecule has 0 aliphatic rings. The fraction of sp³-hybridized carbons (Fsp3) is 0.200. The first kappa shape index (κ1) is 11.2. The van der Waals surface area contributed by atoms with Crippen LogP contribution in [0.25, 0.3) is 0 Å². The van der Waals surface area contributed by atoms with Gasteiger partial charge in [0.2, 0.25) is 0 Å². The van der Waals surface area contributed by atoms with Gasteiger partial charge in [0, 0.05) is 6.42 Å². The molecule has 2 nitrogen and oxygen atoms in total. The number of carbonyl (C=O) groups is 1. The maximum Gasteiger partial charge on any atom is 0.417 e. The lowest BCUT2D eigenvalue weighted by Crippen LogP contribution is -2.08. The van der Waals surface area contributed by atoms with E-state index in [0.29, 0.717) is 6.29 Å². The minimum Gasteiger partial charge on any atom is -0.303 e. The molecule has 78 valence electrons. The Morgan fingerprint density at radius 1 is 1.40 bits per heavy atom. The number of nitrogens with zero attached hydrogens (tertiary/aromatic N) is 1. The second-order valence-electron chi connectivity index (χ2n) is 2.86. The largest absolute Gasteiger partial charge is 0.417 e. The molecule has 0 atom stereocenters. The van der Waals surface area contributed by atoms with E-state index in [4.69, 9.17) is 5.26 Å². The third-order valence-corrected chi connectivity index (χ3v) is 1.83. The number of halogens is 3. The van der Waals surface area contributed by atoms with Crippen LogP contribution >= 0.6 is 0 Å². The first-order valence-electron chi connectivity index (χ1n) is 4.03. The van der Waals surface area contributed by atoms with Gasteiger partial charge < -0.3 is 4.79 Å². The van der Waals surface area contributed by atoms with E-state index in [1.165, 1.54) is 12.1 Å². The highest BCUT2D eigenvalue weighted by Crippen LogP contribution is 2.32. The lowest BCUT2D eigenvalue weighted by molar-refractivity contribution is -0.137. The Morgan fingerprint density at radius 2 is 2.07 bits per heavy atom. The Labute approximate surface area is 83.9 Å².